The molecule has 0 unspecified atom stereocenters. The molecule has 1 fully saturated rings. The highest BCUT2D eigenvalue weighted by Gasteiger charge is 2.27. The Kier molecular flexibility index (Phi) is 7.91. The van der Waals surface area contributed by atoms with Crippen molar-refractivity contribution in [1.29, 1.82) is 0 Å². The molecule has 0 bridgehead atoms. The summed E-state index contributed by atoms with van der Waals surface area (Å²) >= 11 is 12.1. The van der Waals surface area contributed by atoms with E-state index in [1.54, 1.807) is 18.2 Å². The van der Waals surface area contributed by atoms with Gasteiger partial charge in [0, 0.05) is 41.3 Å². The molecule has 2 aromatic heterocycles. The molecule has 0 aliphatic carbocycles. The molecule has 14 heteroatoms. The molecule has 2 aromatic carbocycles. The van der Waals surface area contributed by atoms with E-state index in [1.807, 2.05) is 29.0 Å². The number of rotatable bonds is 8. The highest BCUT2D eigenvalue weighted by atomic mass is 35.5. The van der Waals surface area contributed by atoms with Gasteiger partial charge >= 0.3 is 5.97 Å². The molecule has 5 rings (SSSR count). The summed E-state index contributed by atoms with van der Waals surface area (Å²) in [5.41, 5.74) is 3.45. The number of carboxylic acid groups (broad SMARTS) is 1. The summed E-state index contributed by atoms with van der Waals surface area (Å²) in [4.78, 5) is 13.3. The van der Waals surface area contributed by atoms with Gasteiger partial charge in [0.2, 0.25) is 0 Å². The standard InChI is InChI=1S/C25H25Cl2N7O4S/c26-18-13-19(27)15-21(14-18)39(37,38)34(29-16-25(35)36)20-2-3-22-17(12-20)6-10-33(22)24-5-4-23(30-31-24)32-9-1-7-28-8-11-32/h2-6,10,12-15,28-29H,1,7-9,11,16H2,(H,35,36). The highest BCUT2D eigenvalue weighted by Crippen LogP contribution is 2.30. The van der Waals surface area contributed by atoms with Gasteiger partial charge in [-0.2, -0.15) is 12.8 Å². The van der Waals surface area contributed by atoms with Crippen molar-refractivity contribution in [1.82, 2.24) is 25.5 Å². The number of hydrogen-bond donors (Lipinski definition) is 3. The maximum atomic E-state index is 13.5. The van der Waals surface area contributed by atoms with Crippen molar-refractivity contribution in [2.24, 2.45) is 0 Å². The minimum Gasteiger partial charge on any atom is -0.480 e. The second-order valence-electron chi connectivity index (χ2n) is 8.87. The average molecular weight is 590 g/mol. The van der Waals surface area contributed by atoms with Gasteiger partial charge in [0.25, 0.3) is 10.0 Å². The first-order valence-electron chi connectivity index (χ1n) is 12.1. The third-order valence-electron chi connectivity index (χ3n) is 6.20. The van der Waals surface area contributed by atoms with Gasteiger partial charge in [0.05, 0.1) is 16.1 Å². The molecule has 0 radical (unpaired) electrons. The van der Waals surface area contributed by atoms with Gasteiger partial charge in [0.1, 0.15) is 6.54 Å². The number of hydrazine groups is 1. The molecule has 1 aliphatic heterocycles. The van der Waals surface area contributed by atoms with Crippen LogP contribution in [0, 0.1) is 0 Å². The van der Waals surface area contributed by atoms with Crippen LogP contribution in [0.2, 0.25) is 10.0 Å². The number of carboxylic acids is 1. The van der Waals surface area contributed by atoms with E-state index in [0.29, 0.717) is 11.2 Å². The van der Waals surface area contributed by atoms with E-state index in [4.69, 9.17) is 23.2 Å². The van der Waals surface area contributed by atoms with Crippen molar-refractivity contribution >= 4 is 61.6 Å². The quantitative estimate of drug-likeness (QED) is 0.265. The molecule has 1 aliphatic rings. The molecular weight excluding hydrogens is 565 g/mol. The Hall–Kier alpha value is -3.42. The summed E-state index contributed by atoms with van der Waals surface area (Å²) in [5, 5.41) is 22.4. The summed E-state index contributed by atoms with van der Waals surface area (Å²) < 4.78 is 29.7. The van der Waals surface area contributed by atoms with E-state index in [1.165, 1.54) is 18.2 Å². The van der Waals surface area contributed by atoms with Gasteiger partial charge in [0.15, 0.2) is 11.6 Å². The molecule has 3 heterocycles. The minimum atomic E-state index is -4.28. The molecule has 11 nitrogen and oxygen atoms in total. The number of nitrogens with one attached hydrogen (secondary N) is 2. The van der Waals surface area contributed by atoms with E-state index < -0.39 is 22.5 Å². The fourth-order valence-electron chi connectivity index (χ4n) is 4.38. The number of fused-ring (bicyclic) bond motifs is 1. The van der Waals surface area contributed by atoms with Gasteiger partial charge in [-0.3, -0.25) is 9.36 Å². The molecule has 1 saturated heterocycles. The number of aliphatic carboxylic acids is 1. The predicted molar refractivity (Wildman–Crippen MR) is 150 cm³/mol. The summed E-state index contributed by atoms with van der Waals surface area (Å²) in [6, 6.07) is 14.5. The van der Waals surface area contributed by atoms with Crippen molar-refractivity contribution in [2.45, 2.75) is 11.3 Å². The van der Waals surface area contributed by atoms with Crippen molar-refractivity contribution in [2.75, 3.05) is 42.0 Å². The van der Waals surface area contributed by atoms with Crippen molar-refractivity contribution in [3.63, 3.8) is 0 Å². The van der Waals surface area contributed by atoms with E-state index in [0.717, 1.165) is 48.3 Å². The fourth-order valence-corrected chi connectivity index (χ4v) is 6.43. The van der Waals surface area contributed by atoms with Crippen LogP contribution in [0.5, 0.6) is 0 Å². The van der Waals surface area contributed by atoms with Crippen molar-refractivity contribution < 1.29 is 18.3 Å². The molecule has 39 heavy (non-hydrogen) atoms. The first-order valence-corrected chi connectivity index (χ1v) is 14.3. The summed E-state index contributed by atoms with van der Waals surface area (Å²) in [5.74, 6) is 0.189. The van der Waals surface area contributed by atoms with Gasteiger partial charge in [-0.05, 0) is 67.6 Å². The van der Waals surface area contributed by atoms with E-state index in [2.05, 4.69) is 25.8 Å². The van der Waals surface area contributed by atoms with Crippen molar-refractivity contribution in [3.8, 4) is 5.82 Å². The monoisotopic (exact) mass is 589 g/mol. The van der Waals surface area contributed by atoms with Gasteiger partial charge in [-0.15, -0.1) is 10.2 Å². The van der Waals surface area contributed by atoms with Crippen LogP contribution in [0.25, 0.3) is 16.7 Å². The Morgan fingerprint density at radius 2 is 1.74 bits per heavy atom. The molecule has 0 spiro atoms. The Balaban J connectivity index is 1.47. The second kappa shape index (κ2) is 11.4. The molecule has 204 valence electrons. The van der Waals surface area contributed by atoms with Crippen LogP contribution in [0.1, 0.15) is 6.42 Å². The van der Waals surface area contributed by atoms with Gasteiger partial charge < -0.3 is 15.3 Å². The lowest BCUT2D eigenvalue weighted by atomic mass is 10.2. The Bertz CT molecular complexity index is 1580. The third kappa shape index (κ3) is 5.94. The molecule has 3 N–H and O–H groups in total. The third-order valence-corrected chi connectivity index (χ3v) is 8.29. The number of aromatic nitrogens is 3. The summed E-state index contributed by atoms with van der Waals surface area (Å²) in [6.07, 6.45) is 2.85. The van der Waals surface area contributed by atoms with Gasteiger partial charge in [-0.1, -0.05) is 23.2 Å². The Labute approximate surface area is 235 Å². The smallest absolute Gasteiger partial charge is 0.319 e. The van der Waals surface area contributed by atoms with Crippen LogP contribution in [0.15, 0.2) is 65.7 Å². The zero-order valence-corrected chi connectivity index (χ0v) is 22.9. The van der Waals surface area contributed by atoms with Crippen LogP contribution in [0.4, 0.5) is 11.5 Å². The first-order chi connectivity index (χ1) is 18.7. The average Bonchev–Trinajstić information content (AvgIpc) is 3.12. The van der Waals surface area contributed by atoms with Crippen LogP contribution in [-0.2, 0) is 14.8 Å². The topological polar surface area (TPSA) is 133 Å². The predicted octanol–water partition coefficient (Wildman–Crippen LogP) is 3.31. The van der Waals surface area contributed by atoms with Gasteiger partial charge in [-0.25, -0.2) is 5.43 Å². The number of anilines is 2. The maximum absolute atomic E-state index is 13.5. The van der Waals surface area contributed by atoms with Crippen LogP contribution < -0.4 is 20.1 Å². The van der Waals surface area contributed by atoms with E-state index >= 15 is 0 Å². The number of hydrogen-bond acceptors (Lipinski definition) is 8. The lowest BCUT2D eigenvalue weighted by Gasteiger charge is -2.24. The zero-order chi connectivity index (χ0) is 27.6. The summed E-state index contributed by atoms with van der Waals surface area (Å²) in [6.45, 7) is 3.01. The lowest BCUT2D eigenvalue weighted by molar-refractivity contribution is -0.135. The fraction of sp³-hybridized carbons (Fsp3) is 0.240. The van der Waals surface area contributed by atoms with Crippen LogP contribution in [-0.4, -0.2) is 67.0 Å². The largest absolute Gasteiger partial charge is 0.480 e. The molecular formula is C25H25Cl2N7O4S. The van der Waals surface area contributed by atoms with Crippen LogP contribution >= 0.6 is 23.2 Å². The van der Waals surface area contributed by atoms with E-state index in [9.17, 15) is 18.3 Å². The number of carbonyl (C=O) groups is 1. The lowest BCUT2D eigenvalue weighted by Crippen LogP contribution is -2.45. The number of nitrogens with zero attached hydrogens (tertiary/aromatic N) is 5. The number of benzene rings is 2. The molecule has 0 saturated carbocycles. The highest BCUT2D eigenvalue weighted by molar-refractivity contribution is 7.92. The number of halogens is 2. The SMILES string of the molecule is O=C(O)CNN(c1ccc2c(ccn2-c2ccc(N3CCCNCC3)nn2)c1)S(=O)(=O)c1cc(Cl)cc(Cl)c1. The first kappa shape index (κ1) is 27.2. The molecule has 0 atom stereocenters. The zero-order valence-electron chi connectivity index (χ0n) is 20.6. The van der Waals surface area contributed by atoms with Crippen molar-refractivity contribution in [3.05, 3.63) is 70.8 Å². The summed E-state index contributed by atoms with van der Waals surface area (Å²) in [7, 11) is -4.28. The van der Waals surface area contributed by atoms with E-state index in [-0.39, 0.29) is 20.6 Å². The second-order valence-corrected chi connectivity index (χ2v) is 11.5. The normalized spacial score (nSPS) is 14.4. The molecule has 4 aromatic rings. The Morgan fingerprint density at radius 3 is 2.46 bits per heavy atom. The number of sulfonamides is 1. The Morgan fingerprint density at radius 1 is 1.00 bits per heavy atom. The maximum Gasteiger partial charge on any atom is 0.319 e. The van der Waals surface area contributed by atoms with Crippen LogP contribution in [0.3, 0.4) is 0 Å². The molecule has 0 amide bonds. The minimum absolute atomic E-state index is 0.131.